The molecule has 0 aliphatic carbocycles. The van der Waals surface area contributed by atoms with Gasteiger partial charge in [0.05, 0.1) is 12.0 Å². The first-order valence-corrected chi connectivity index (χ1v) is 9.66. The van der Waals surface area contributed by atoms with Crippen molar-refractivity contribution in [3.05, 3.63) is 42.1 Å². The number of aryl methyl sites for hydroxylation is 1. The van der Waals surface area contributed by atoms with Crippen LogP contribution in [-0.4, -0.2) is 50.9 Å². The van der Waals surface area contributed by atoms with Crippen LogP contribution in [-0.2, 0) is 23.6 Å². The topological polar surface area (TPSA) is 83.3 Å². The molecular weight excluding hydrogens is 444 g/mol. The van der Waals surface area contributed by atoms with Crippen LogP contribution in [0.3, 0.4) is 0 Å². The summed E-state index contributed by atoms with van der Waals surface area (Å²) in [7, 11) is 1.28. The Morgan fingerprint density at radius 2 is 1.81 bits per heavy atom. The van der Waals surface area contributed by atoms with Crippen molar-refractivity contribution in [2.45, 2.75) is 43.3 Å². The summed E-state index contributed by atoms with van der Waals surface area (Å²) in [5.41, 5.74) is -4.31. The molecule has 0 spiro atoms. The quantitative estimate of drug-likeness (QED) is 0.664. The zero-order chi connectivity index (χ0) is 23.7. The lowest BCUT2D eigenvalue weighted by atomic mass is 9.96. The van der Waals surface area contributed by atoms with Crippen molar-refractivity contribution in [2.24, 2.45) is 7.05 Å². The second-order valence-electron chi connectivity index (χ2n) is 7.63. The maximum Gasteiger partial charge on any atom is 0.425 e. The molecule has 1 saturated heterocycles. The minimum Gasteiger partial charge on any atom is -0.374 e. The molecule has 2 aromatic heterocycles. The number of aliphatic hydroxyl groups is 1. The summed E-state index contributed by atoms with van der Waals surface area (Å²) in [5.74, 6) is -1.34. The van der Waals surface area contributed by atoms with E-state index >= 15 is 0 Å². The van der Waals surface area contributed by atoms with Gasteiger partial charge in [-0.1, -0.05) is 0 Å². The van der Waals surface area contributed by atoms with Gasteiger partial charge in [0.15, 0.2) is 5.82 Å². The van der Waals surface area contributed by atoms with Crippen molar-refractivity contribution < 1.29 is 36.2 Å². The molecule has 0 bridgehead atoms. The van der Waals surface area contributed by atoms with Crippen LogP contribution >= 0.6 is 0 Å². The maximum absolute atomic E-state index is 13.6. The summed E-state index contributed by atoms with van der Waals surface area (Å²) in [6.07, 6.45) is -7.11. The molecule has 3 heterocycles. The number of halogens is 6. The molecule has 1 atom stereocenters. The van der Waals surface area contributed by atoms with Crippen molar-refractivity contribution >= 4 is 11.7 Å². The molecule has 1 aliphatic rings. The van der Waals surface area contributed by atoms with Crippen LogP contribution in [0.25, 0.3) is 0 Å². The number of nitrogens with zero attached hydrogens (tertiary/aromatic N) is 4. The Bertz CT molecular complexity index is 935. The van der Waals surface area contributed by atoms with Gasteiger partial charge in [0.1, 0.15) is 5.82 Å². The van der Waals surface area contributed by atoms with Crippen LogP contribution in [0.1, 0.15) is 30.7 Å². The van der Waals surface area contributed by atoms with Crippen molar-refractivity contribution in [1.29, 1.82) is 0 Å². The first kappa shape index (κ1) is 23.8. The Balaban J connectivity index is 1.59. The minimum absolute atomic E-state index is 0.337. The Hall–Kier alpha value is -2.83. The van der Waals surface area contributed by atoms with Crippen molar-refractivity contribution in [1.82, 2.24) is 19.9 Å². The summed E-state index contributed by atoms with van der Waals surface area (Å²) in [6, 6.07) is 1.72. The highest BCUT2D eigenvalue weighted by atomic mass is 19.4. The molecule has 1 amide bonds. The molecule has 1 aliphatic heterocycles. The van der Waals surface area contributed by atoms with E-state index < -0.39 is 47.7 Å². The van der Waals surface area contributed by atoms with Gasteiger partial charge in [0, 0.05) is 44.8 Å². The number of aromatic nitrogens is 3. The number of amides is 1. The number of imidazole rings is 1. The second kappa shape index (κ2) is 8.60. The summed E-state index contributed by atoms with van der Waals surface area (Å²) in [5, 5.41) is 12.8. The highest BCUT2D eigenvalue weighted by molar-refractivity contribution is 5.77. The van der Waals surface area contributed by atoms with E-state index in [1.807, 2.05) is 0 Å². The Kier molecular flexibility index (Phi) is 6.40. The molecule has 7 nitrogen and oxygen atoms in total. The van der Waals surface area contributed by atoms with Gasteiger partial charge in [-0.2, -0.15) is 26.3 Å². The Morgan fingerprint density at radius 1 is 1.16 bits per heavy atom. The van der Waals surface area contributed by atoms with Gasteiger partial charge >= 0.3 is 12.4 Å². The molecule has 176 valence electrons. The monoisotopic (exact) mass is 465 g/mol. The van der Waals surface area contributed by atoms with Crippen LogP contribution in [0.4, 0.5) is 32.2 Å². The highest BCUT2D eigenvalue weighted by Gasteiger charge is 2.58. The fourth-order valence-corrected chi connectivity index (χ4v) is 3.57. The van der Waals surface area contributed by atoms with E-state index in [1.165, 1.54) is 19.3 Å². The summed E-state index contributed by atoms with van der Waals surface area (Å²) in [4.78, 5) is 21.4. The molecule has 2 N–H and O–H groups in total. The maximum atomic E-state index is 13.6. The summed E-state index contributed by atoms with van der Waals surface area (Å²) in [6.45, 7) is 0.679. The van der Waals surface area contributed by atoms with E-state index in [1.54, 1.807) is 4.90 Å². The third-order valence-corrected chi connectivity index (χ3v) is 5.34. The summed E-state index contributed by atoms with van der Waals surface area (Å²) >= 11 is 0. The number of carbonyl (C=O) groups is 1. The number of piperidine rings is 1. The average Bonchev–Trinajstić information content (AvgIpc) is 3.13. The first-order valence-electron chi connectivity index (χ1n) is 9.66. The molecule has 1 fully saturated rings. The molecule has 13 heteroatoms. The predicted molar refractivity (Wildman–Crippen MR) is 100 cm³/mol. The van der Waals surface area contributed by atoms with Gasteiger partial charge in [-0.25, -0.2) is 9.97 Å². The van der Waals surface area contributed by atoms with Gasteiger partial charge in [-0.15, -0.1) is 0 Å². The molecule has 32 heavy (non-hydrogen) atoms. The number of alkyl halides is 6. The largest absolute Gasteiger partial charge is 0.425 e. The molecule has 0 aromatic carbocycles. The average molecular weight is 465 g/mol. The van der Waals surface area contributed by atoms with E-state index in [2.05, 4.69) is 15.3 Å². The third-order valence-electron chi connectivity index (χ3n) is 5.34. The fraction of sp³-hybridized carbons (Fsp3) is 0.526. The van der Waals surface area contributed by atoms with Crippen LogP contribution < -0.4 is 10.2 Å². The van der Waals surface area contributed by atoms with Gasteiger partial charge < -0.3 is 19.9 Å². The van der Waals surface area contributed by atoms with Crippen LogP contribution in [0, 0.1) is 0 Å². The van der Waals surface area contributed by atoms with E-state index in [9.17, 15) is 36.2 Å². The molecule has 0 saturated carbocycles. The Morgan fingerprint density at radius 3 is 2.28 bits per heavy atom. The van der Waals surface area contributed by atoms with Gasteiger partial charge in [-0.05, 0) is 25.0 Å². The number of anilines is 1. The van der Waals surface area contributed by atoms with Gasteiger partial charge in [-0.3, -0.25) is 4.79 Å². The lowest BCUT2D eigenvalue weighted by molar-refractivity contribution is -0.271. The normalized spacial score (nSPS) is 17.8. The second-order valence-corrected chi connectivity index (χ2v) is 7.63. The van der Waals surface area contributed by atoms with Crippen LogP contribution in [0.5, 0.6) is 0 Å². The summed E-state index contributed by atoms with van der Waals surface area (Å²) < 4.78 is 79.6. The number of carbonyl (C=O) groups excluding carboxylic acids is 1. The predicted octanol–water partition coefficient (Wildman–Crippen LogP) is 2.76. The lowest BCUT2D eigenvalue weighted by Crippen LogP contribution is -2.50. The number of pyridine rings is 1. The van der Waals surface area contributed by atoms with Crippen LogP contribution in [0.2, 0.25) is 0 Å². The zero-order valence-electron chi connectivity index (χ0n) is 16.9. The molecule has 2 aromatic rings. The number of nitrogens with one attached hydrogen (secondary N) is 1. The highest BCUT2D eigenvalue weighted by Crippen LogP contribution is 2.40. The first-order chi connectivity index (χ1) is 14.8. The van der Waals surface area contributed by atoms with Crippen molar-refractivity contribution in [3.8, 4) is 0 Å². The van der Waals surface area contributed by atoms with Gasteiger partial charge in [0.2, 0.25) is 11.5 Å². The van der Waals surface area contributed by atoms with E-state index in [0.29, 0.717) is 31.7 Å². The van der Waals surface area contributed by atoms with Crippen molar-refractivity contribution in [3.63, 3.8) is 0 Å². The molecule has 3 rings (SSSR count). The zero-order valence-corrected chi connectivity index (χ0v) is 16.9. The molecule has 1 unspecified atom stereocenters. The molecule has 0 radical (unpaired) electrons. The SMILES string of the molecule is Cn1ccnc1C(O)(CC(=O)NC1CCN(c2ccc(C(F)(F)F)cn2)CC1)C(F)(F)F. The number of hydrogen-bond donors (Lipinski definition) is 2. The smallest absolute Gasteiger partial charge is 0.374 e. The Labute approximate surface area is 179 Å². The van der Waals surface area contributed by atoms with E-state index in [-0.39, 0.29) is 0 Å². The lowest BCUT2D eigenvalue weighted by Gasteiger charge is -2.34. The van der Waals surface area contributed by atoms with Gasteiger partial charge in [0.25, 0.3) is 0 Å². The standard InChI is InChI=1S/C19H21F6N5O2/c1-29-9-6-26-16(29)17(32,19(23,24)25)10-15(31)28-13-4-7-30(8-5-13)14-3-2-12(11-27-14)18(20,21)22/h2-3,6,9,11,13,32H,4-5,7-8,10H2,1H3,(H,28,31). The van der Waals surface area contributed by atoms with E-state index in [0.717, 1.165) is 23.0 Å². The molecular formula is C19H21F6N5O2. The third kappa shape index (κ3) is 4.97. The van der Waals surface area contributed by atoms with Crippen LogP contribution in [0.15, 0.2) is 30.7 Å². The number of rotatable bonds is 5. The van der Waals surface area contributed by atoms with Crippen molar-refractivity contribution in [2.75, 3.05) is 18.0 Å². The van der Waals surface area contributed by atoms with E-state index in [4.69, 9.17) is 0 Å². The minimum atomic E-state index is -5.12. The number of hydrogen-bond acceptors (Lipinski definition) is 5. The fourth-order valence-electron chi connectivity index (χ4n) is 3.57.